The summed E-state index contributed by atoms with van der Waals surface area (Å²) in [5, 5.41) is 14.0. The number of rotatable bonds is 8. The Morgan fingerprint density at radius 2 is 1.90 bits per heavy atom. The van der Waals surface area contributed by atoms with E-state index in [0.717, 1.165) is 60.8 Å². The summed E-state index contributed by atoms with van der Waals surface area (Å²) in [5.74, 6) is 1.50. The highest BCUT2D eigenvalue weighted by molar-refractivity contribution is 7.99. The van der Waals surface area contributed by atoms with Gasteiger partial charge in [-0.25, -0.2) is 4.98 Å². The molecule has 40 heavy (non-hydrogen) atoms. The maximum absolute atomic E-state index is 12.8. The number of amides is 2. The zero-order valence-electron chi connectivity index (χ0n) is 22.5. The number of aromatic nitrogens is 5. The van der Waals surface area contributed by atoms with Crippen LogP contribution in [0.1, 0.15) is 31.4 Å². The van der Waals surface area contributed by atoms with Crippen LogP contribution in [-0.2, 0) is 9.59 Å². The van der Waals surface area contributed by atoms with E-state index in [1.165, 1.54) is 18.2 Å². The molecule has 5 heterocycles. The molecule has 12 heteroatoms. The van der Waals surface area contributed by atoms with E-state index in [4.69, 9.17) is 4.98 Å². The van der Waals surface area contributed by atoms with Gasteiger partial charge in [0.2, 0.25) is 17.8 Å². The molecule has 0 bridgehead atoms. The SMILES string of the molecule is Cc1cc(Nc2nc(Sc3ccc(NC(=O)CN4CCC(C(=O)N5CCCCC5)C4)cc3)nc3cccn23)n[nH]1. The van der Waals surface area contributed by atoms with Gasteiger partial charge in [-0.3, -0.25) is 24.0 Å². The molecule has 1 unspecified atom stereocenters. The predicted molar refractivity (Wildman–Crippen MR) is 154 cm³/mol. The summed E-state index contributed by atoms with van der Waals surface area (Å²) >= 11 is 1.44. The number of fused-ring (bicyclic) bond motifs is 1. The first-order valence-electron chi connectivity index (χ1n) is 13.7. The first-order chi connectivity index (χ1) is 19.5. The lowest BCUT2D eigenvalue weighted by Gasteiger charge is -2.29. The Labute approximate surface area is 236 Å². The quantitative estimate of drug-likeness (QED) is 0.297. The average Bonchev–Trinajstić information content (AvgIpc) is 3.72. The number of nitrogens with one attached hydrogen (secondary N) is 3. The summed E-state index contributed by atoms with van der Waals surface area (Å²) in [5.41, 5.74) is 2.46. The van der Waals surface area contributed by atoms with Gasteiger partial charge in [0.1, 0.15) is 5.65 Å². The summed E-state index contributed by atoms with van der Waals surface area (Å²) in [6, 6.07) is 13.4. The fraction of sp³-hybridized carbons (Fsp3) is 0.393. The Morgan fingerprint density at radius 3 is 2.67 bits per heavy atom. The molecule has 2 aliphatic rings. The van der Waals surface area contributed by atoms with Crippen LogP contribution in [0.2, 0.25) is 0 Å². The van der Waals surface area contributed by atoms with E-state index in [0.29, 0.717) is 23.5 Å². The number of aryl methyl sites for hydroxylation is 1. The van der Waals surface area contributed by atoms with E-state index >= 15 is 0 Å². The van der Waals surface area contributed by atoms with Crippen LogP contribution in [-0.4, -0.2) is 78.9 Å². The fourth-order valence-electron chi connectivity index (χ4n) is 5.31. The zero-order valence-corrected chi connectivity index (χ0v) is 23.3. The third-order valence-electron chi connectivity index (χ3n) is 7.32. The fourth-order valence-corrected chi connectivity index (χ4v) is 6.06. The summed E-state index contributed by atoms with van der Waals surface area (Å²) in [4.78, 5) is 39.9. The van der Waals surface area contributed by atoms with Crippen LogP contribution in [0.4, 0.5) is 17.5 Å². The van der Waals surface area contributed by atoms with Crippen molar-refractivity contribution in [3.05, 3.63) is 54.4 Å². The molecular weight excluding hydrogens is 526 g/mol. The topological polar surface area (TPSA) is 124 Å². The van der Waals surface area contributed by atoms with Crippen LogP contribution in [0.5, 0.6) is 0 Å². The lowest BCUT2D eigenvalue weighted by Crippen LogP contribution is -2.41. The molecule has 2 aliphatic heterocycles. The number of nitrogens with zero attached hydrogens (tertiary/aromatic N) is 6. The van der Waals surface area contributed by atoms with Crippen LogP contribution in [0.15, 0.2) is 58.7 Å². The molecule has 4 aromatic rings. The van der Waals surface area contributed by atoms with Gasteiger partial charge in [0, 0.05) is 48.2 Å². The molecule has 0 spiro atoms. The number of benzene rings is 1. The molecular formula is C28H33N9O2S. The number of carbonyl (C=O) groups is 2. The third kappa shape index (κ3) is 6.13. The Hall–Kier alpha value is -3.90. The maximum Gasteiger partial charge on any atom is 0.238 e. The number of aromatic amines is 1. The highest BCUT2D eigenvalue weighted by atomic mass is 32.2. The summed E-state index contributed by atoms with van der Waals surface area (Å²) in [6.07, 6.45) is 6.13. The van der Waals surface area contributed by atoms with Crippen molar-refractivity contribution in [3.63, 3.8) is 0 Å². The number of likely N-dealkylation sites (tertiary alicyclic amines) is 2. The lowest BCUT2D eigenvalue weighted by molar-refractivity contribution is -0.136. The smallest absolute Gasteiger partial charge is 0.238 e. The summed E-state index contributed by atoms with van der Waals surface area (Å²) in [7, 11) is 0. The third-order valence-corrected chi connectivity index (χ3v) is 8.19. The van der Waals surface area contributed by atoms with Crippen LogP contribution in [0.3, 0.4) is 0 Å². The van der Waals surface area contributed by atoms with E-state index in [2.05, 4.69) is 30.7 Å². The number of carbonyl (C=O) groups excluding carboxylic acids is 2. The molecule has 11 nitrogen and oxygen atoms in total. The Balaban J connectivity index is 1.03. The van der Waals surface area contributed by atoms with Gasteiger partial charge in [-0.1, -0.05) is 0 Å². The zero-order chi connectivity index (χ0) is 27.5. The number of hydrogen-bond acceptors (Lipinski definition) is 8. The predicted octanol–water partition coefficient (Wildman–Crippen LogP) is 3.93. The van der Waals surface area contributed by atoms with Gasteiger partial charge in [0.05, 0.1) is 12.5 Å². The van der Waals surface area contributed by atoms with E-state index in [1.807, 2.05) is 64.9 Å². The Bertz CT molecular complexity index is 1490. The van der Waals surface area contributed by atoms with Crippen molar-refractivity contribution in [2.75, 3.05) is 43.4 Å². The van der Waals surface area contributed by atoms with Gasteiger partial charge >= 0.3 is 0 Å². The number of anilines is 3. The van der Waals surface area contributed by atoms with Crippen LogP contribution in [0.25, 0.3) is 5.65 Å². The molecule has 2 amide bonds. The minimum absolute atomic E-state index is 0.00883. The maximum atomic E-state index is 12.8. The van der Waals surface area contributed by atoms with Gasteiger partial charge in [0.25, 0.3) is 0 Å². The molecule has 3 N–H and O–H groups in total. The van der Waals surface area contributed by atoms with Crippen LogP contribution < -0.4 is 10.6 Å². The van der Waals surface area contributed by atoms with E-state index < -0.39 is 0 Å². The molecule has 1 aromatic carbocycles. The van der Waals surface area contributed by atoms with Crippen molar-refractivity contribution in [1.29, 1.82) is 0 Å². The van der Waals surface area contributed by atoms with Gasteiger partial charge in [-0.05, 0) is 87.3 Å². The molecule has 2 saturated heterocycles. The number of piperidine rings is 1. The Morgan fingerprint density at radius 1 is 1.07 bits per heavy atom. The van der Waals surface area contributed by atoms with Crippen molar-refractivity contribution in [2.24, 2.45) is 5.92 Å². The largest absolute Gasteiger partial charge is 0.342 e. The standard InChI is InChI=1S/C28H33N9O2S/c1-19-16-23(34-33-19)30-27-32-28(31-24-6-5-14-37(24)27)40-22-9-7-21(8-10-22)29-25(38)18-35-15-11-20(17-35)26(39)36-12-3-2-4-13-36/h5-10,14,16,20H,2-4,11-13,15,17-18H2,1H3,(H,29,38)(H2,30,31,32,33,34). The summed E-state index contributed by atoms with van der Waals surface area (Å²) < 4.78 is 1.87. The van der Waals surface area contributed by atoms with E-state index in [-0.39, 0.29) is 24.3 Å². The first kappa shape index (κ1) is 26.3. The van der Waals surface area contributed by atoms with Crippen molar-refractivity contribution in [3.8, 4) is 0 Å². The number of H-pyrrole nitrogens is 1. The average molecular weight is 560 g/mol. The van der Waals surface area contributed by atoms with Crippen molar-refractivity contribution in [1.82, 2.24) is 34.4 Å². The molecule has 1 atom stereocenters. The second-order valence-electron chi connectivity index (χ2n) is 10.4. The second-order valence-corrected chi connectivity index (χ2v) is 11.4. The van der Waals surface area contributed by atoms with Crippen molar-refractivity contribution >= 4 is 46.7 Å². The van der Waals surface area contributed by atoms with Crippen LogP contribution >= 0.6 is 11.8 Å². The summed E-state index contributed by atoms with van der Waals surface area (Å²) in [6.45, 7) is 5.41. The van der Waals surface area contributed by atoms with Gasteiger partial charge in [-0.15, -0.1) is 0 Å². The highest BCUT2D eigenvalue weighted by Crippen LogP contribution is 2.28. The lowest BCUT2D eigenvalue weighted by atomic mass is 10.0. The molecule has 3 aromatic heterocycles. The van der Waals surface area contributed by atoms with E-state index in [1.54, 1.807) is 0 Å². The molecule has 6 rings (SSSR count). The van der Waals surface area contributed by atoms with E-state index in [9.17, 15) is 9.59 Å². The van der Waals surface area contributed by atoms with Gasteiger partial charge in [-0.2, -0.15) is 10.1 Å². The number of hydrogen-bond donors (Lipinski definition) is 3. The monoisotopic (exact) mass is 559 g/mol. The first-order valence-corrected chi connectivity index (χ1v) is 14.5. The highest BCUT2D eigenvalue weighted by Gasteiger charge is 2.32. The molecule has 0 saturated carbocycles. The normalized spacial score (nSPS) is 17.8. The van der Waals surface area contributed by atoms with Gasteiger partial charge < -0.3 is 15.5 Å². The minimum Gasteiger partial charge on any atom is -0.342 e. The molecule has 0 radical (unpaired) electrons. The van der Waals surface area contributed by atoms with Crippen LogP contribution in [0, 0.1) is 12.8 Å². The van der Waals surface area contributed by atoms with Crippen molar-refractivity contribution < 1.29 is 9.59 Å². The Kier molecular flexibility index (Phi) is 7.69. The second kappa shape index (κ2) is 11.7. The minimum atomic E-state index is -0.0715. The molecule has 2 fully saturated rings. The molecule has 0 aliphatic carbocycles. The van der Waals surface area contributed by atoms with Crippen molar-refractivity contribution in [2.45, 2.75) is 42.7 Å². The molecule has 208 valence electrons. The van der Waals surface area contributed by atoms with Gasteiger partial charge in [0.15, 0.2) is 11.0 Å².